The van der Waals surface area contributed by atoms with Gasteiger partial charge in [-0.3, -0.25) is 0 Å². The van der Waals surface area contributed by atoms with Crippen molar-refractivity contribution in [1.82, 2.24) is 0 Å². The molecule has 1 fully saturated rings. The summed E-state index contributed by atoms with van der Waals surface area (Å²) in [5, 5.41) is 1.16. The van der Waals surface area contributed by atoms with E-state index >= 15 is 0 Å². The van der Waals surface area contributed by atoms with Gasteiger partial charge < -0.3 is 0 Å². The van der Waals surface area contributed by atoms with Crippen molar-refractivity contribution in [3.63, 3.8) is 0 Å². The third kappa shape index (κ3) is 0.791. The van der Waals surface area contributed by atoms with E-state index in [-0.39, 0.29) is 0 Å². The first-order valence-electron chi connectivity index (χ1n) is 1.97. The molecule has 0 amide bonds. The maximum atomic E-state index is 10.2. The average Bonchev–Trinajstić information content (AvgIpc) is 1.86. The molecule has 0 aromatic heterocycles. The summed E-state index contributed by atoms with van der Waals surface area (Å²) in [4.78, 5) is 10.2. The first-order chi connectivity index (χ1) is 2.89. The summed E-state index contributed by atoms with van der Waals surface area (Å²) in [7, 11) is 0. The molecule has 0 atom stereocenters. The van der Waals surface area contributed by atoms with Gasteiger partial charge in [-0.05, 0) is 0 Å². The summed E-state index contributed by atoms with van der Waals surface area (Å²) >= 11 is 0.306. The van der Waals surface area contributed by atoms with Crippen LogP contribution in [-0.4, -0.2) is 25.5 Å². The number of hydrogen-bond acceptors (Lipinski definition) is 1. The van der Waals surface area contributed by atoms with E-state index in [1.807, 2.05) is 0 Å². The van der Waals surface area contributed by atoms with Crippen LogP contribution in [0.15, 0.2) is 0 Å². The van der Waals surface area contributed by atoms with Crippen molar-refractivity contribution < 1.29 is 3.78 Å². The molecular weight excluding hydrogens is 145 g/mol. The topological polar surface area (TPSA) is 20.1 Å². The molecule has 0 bridgehead atoms. The fourth-order valence-electron chi connectivity index (χ4n) is 0.425. The Labute approximate surface area is 42.9 Å². The zero-order valence-corrected chi connectivity index (χ0v) is 5.10. The molecule has 0 aromatic rings. The van der Waals surface area contributed by atoms with Gasteiger partial charge >= 0.3 is 42.1 Å². The molecule has 0 aliphatic carbocycles. The van der Waals surface area contributed by atoms with E-state index in [4.69, 9.17) is 0 Å². The molecule has 1 heterocycles. The van der Waals surface area contributed by atoms with Gasteiger partial charge in [0, 0.05) is 0 Å². The van der Waals surface area contributed by atoms with Crippen LogP contribution < -0.4 is 0 Å². The predicted molar refractivity (Wildman–Crippen MR) is 23.7 cm³/mol. The van der Waals surface area contributed by atoms with E-state index in [2.05, 4.69) is 0 Å². The van der Waals surface area contributed by atoms with Crippen molar-refractivity contribution >= 4 is 15.2 Å². The van der Waals surface area contributed by atoms with Gasteiger partial charge in [0.1, 0.15) is 0 Å². The molecule has 3 heteroatoms. The molecule has 0 unspecified atom stereocenters. The molecule has 0 spiro atoms. The molecule has 1 saturated heterocycles. The second-order valence-corrected chi connectivity index (χ2v) is 3.50. The van der Waals surface area contributed by atoms with Crippen molar-refractivity contribution in [2.45, 2.75) is 11.7 Å². The molecule has 0 saturated carbocycles. The molecule has 1 aliphatic rings. The number of hydrogen-bond donors (Lipinski definition) is 0. The van der Waals surface area contributed by atoms with E-state index in [9.17, 15) is 4.91 Å². The predicted octanol–water partition coefficient (Wildman–Crippen LogP) is 0.206. The first-order valence-corrected chi connectivity index (χ1v) is 3.95. The van der Waals surface area contributed by atoms with E-state index < -0.39 is 0 Å². The van der Waals surface area contributed by atoms with Gasteiger partial charge in [-0.25, -0.2) is 0 Å². The molecule has 1 rings (SSSR count). The summed E-state index contributed by atoms with van der Waals surface area (Å²) in [5.74, 6) is 0. The molecular formula is C3H6NOSe+. The second kappa shape index (κ2) is 1.71. The molecule has 2 nitrogen and oxygen atoms in total. The van der Waals surface area contributed by atoms with Gasteiger partial charge in [0.15, 0.2) is 0 Å². The standard InChI is InChI=1S/C3H6NOSe/c5-4-2-1-3-6-4/h1-3H2/q+1. The SMILES string of the molecule is O=[N+]1CCC[Se]1. The fourth-order valence-corrected chi connectivity index (χ4v) is 1.94. The zero-order valence-electron chi connectivity index (χ0n) is 3.39. The minimum atomic E-state index is 0.306. The second-order valence-electron chi connectivity index (χ2n) is 1.24. The number of rotatable bonds is 0. The maximum absolute atomic E-state index is 10.2. The monoisotopic (exact) mass is 152 g/mol. The summed E-state index contributed by atoms with van der Waals surface area (Å²) < 4.78 is 1.17. The van der Waals surface area contributed by atoms with Gasteiger partial charge in [-0.1, -0.05) is 0 Å². The fraction of sp³-hybridized carbons (Fsp3) is 1.00. The first kappa shape index (κ1) is 4.28. The molecule has 0 radical (unpaired) electrons. The summed E-state index contributed by atoms with van der Waals surface area (Å²) in [6.07, 6.45) is 1.13. The van der Waals surface area contributed by atoms with Gasteiger partial charge in [-0.2, -0.15) is 0 Å². The van der Waals surface area contributed by atoms with Gasteiger partial charge in [0.25, 0.3) is 0 Å². The molecule has 34 valence electrons. The van der Waals surface area contributed by atoms with Crippen LogP contribution in [0.2, 0.25) is 5.32 Å². The Hall–Kier alpha value is 0.119. The van der Waals surface area contributed by atoms with Crippen LogP contribution in [0.3, 0.4) is 0 Å². The number of nitroso groups, excluding NO2 is 1. The molecule has 0 aromatic carbocycles. The third-order valence-electron chi connectivity index (χ3n) is 0.720. The Kier molecular flexibility index (Phi) is 1.22. The van der Waals surface area contributed by atoms with Crippen molar-refractivity contribution in [3.8, 4) is 0 Å². The summed E-state index contributed by atoms with van der Waals surface area (Å²) in [5.41, 5.74) is 0. The van der Waals surface area contributed by atoms with Gasteiger partial charge in [0.05, 0.1) is 0 Å². The van der Waals surface area contributed by atoms with Crippen LogP contribution in [-0.2, 0) is 0 Å². The van der Waals surface area contributed by atoms with Crippen molar-refractivity contribution in [1.29, 1.82) is 0 Å². The Morgan fingerprint density at radius 1 is 1.67 bits per heavy atom. The molecule has 0 N–H and O–H groups in total. The zero-order chi connectivity index (χ0) is 4.41. The van der Waals surface area contributed by atoms with E-state index in [0.29, 0.717) is 15.2 Å². The van der Waals surface area contributed by atoms with Crippen LogP contribution >= 0.6 is 0 Å². The van der Waals surface area contributed by atoms with Crippen LogP contribution in [0.1, 0.15) is 6.42 Å². The Balaban J connectivity index is 2.37. The van der Waals surface area contributed by atoms with Crippen molar-refractivity contribution in [2.75, 3.05) is 6.54 Å². The van der Waals surface area contributed by atoms with Crippen LogP contribution in [0.4, 0.5) is 0 Å². The summed E-state index contributed by atoms with van der Waals surface area (Å²) in [6.45, 7) is 0.792. The molecule has 1 aliphatic heterocycles. The quantitative estimate of drug-likeness (QED) is 0.453. The minimum absolute atomic E-state index is 0.306. The summed E-state index contributed by atoms with van der Waals surface area (Å²) in [6, 6.07) is 0. The number of nitrogens with zero attached hydrogens (tertiary/aromatic N) is 1. The van der Waals surface area contributed by atoms with Gasteiger partial charge in [0.2, 0.25) is 0 Å². The van der Waals surface area contributed by atoms with Crippen LogP contribution in [0.25, 0.3) is 0 Å². The van der Waals surface area contributed by atoms with E-state index in [1.165, 1.54) is 3.78 Å². The Morgan fingerprint density at radius 3 is 2.67 bits per heavy atom. The van der Waals surface area contributed by atoms with E-state index in [0.717, 1.165) is 18.3 Å². The van der Waals surface area contributed by atoms with Crippen molar-refractivity contribution in [3.05, 3.63) is 4.91 Å². The Bertz CT molecular complexity index is 65.2. The van der Waals surface area contributed by atoms with E-state index in [1.54, 1.807) is 0 Å². The normalized spacial score (nSPS) is 22.3. The molecule has 6 heavy (non-hydrogen) atoms. The van der Waals surface area contributed by atoms with Crippen molar-refractivity contribution in [2.24, 2.45) is 0 Å². The van der Waals surface area contributed by atoms with Crippen LogP contribution in [0, 0.1) is 4.91 Å². The average molecular weight is 151 g/mol. The third-order valence-corrected chi connectivity index (χ3v) is 2.70. The van der Waals surface area contributed by atoms with Crippen LogP contribution in [0.5, 0.6) is 0 Å². The van der Waals surface area contributed by atoms with Gasteiger partial charge in [-0.15, -0.1) is 0 Å². The Morgan fingerprint density at radius 2 is 2.50 bits per heavy atom.